The summed E-state index contributed by atoms with van der Waals surface area (Å²) in [5.74, 6) is -0.396. The minimum Gasteiger partial charge on any atom is -0.364 e. The number of fused-ring (bicyclic) bond motifs is 1. The standard InChI is InChI=1S/C14H11Cl2FN2O/c15-10-4-12(17)13(5-11(10)16)19-2-1-8-3-14(20)18-6-9(8)7-19/h3-6H,1-2,7H2,(H,18,20). The van der Waals surface area contributed by atoms with Crippen molar-refractivity contribution in [3.63, 3.8) is 0 Å². The van der Waals surface area contributed by atoms with E-state index in [0.717, 1.165) is 11.1 Å². The summed E-state index contributed by atoms with van der Waals surface area (Å²) in [4.78, 5) is 15.8. The number of nitrogens with zero attached hydrogens (tertiary/aromatic N) is 1. The second-order valence-corrected chi connectivity index (χ2v) is 5.55. The zero-order valence-electron chi connectivity index (χ0n) is 10.4. The molecular weight excluding hydrogens is 302 g/mol. The minimum atomic E-state index is -0.396. The molecule has 2 aromatic rings. The van der Waals surface area contributed by atoms with Gasteiger partial charge >= 0.3 is 0 Å². The Balaban J connectivity index is 1.96. The molecule has 104 valence electrons. The molecule has 1 aromatic carbocycles. The highest BCUT2D eigenvalue weighted by atomic mass is 35.5. The minimum absolute atomic E-state index is 0.113. The van der Waals surface area contributed by atoms with Gasteiger partial charge in [-0.3, -0.25) is 4.79 Å². The van der Waals surface area contributed by atoms with Crippen molar-refractivity contribution in [3.8, 4) is 0 Å². The van der Waals surface area contributed by atoms with E-state index in [0.29, 0.717) is 30.2 Å². The van der Waals surface area contributed by atoms with Crippen LogP contribution in [0.2, 0.25) is 10.0 Å². The molecule has 0 unspecified atom stereocenters. The fourth-order valence-electron chi connectivity index (χ4n) is 2.42. The Morgan fingerprint density at radius 1 is 1.15 bits per heavy atom. The van der Waals surface area contributed by atoms with Crippen molar-refractivity contribution < 1.29 is 4.39 Å². The van der Waals surface area contributed by atoms with Gasteiger partial charge in [0.1, 0.15) is 5.82 Å². The predicted molar refractivity (Wildman–Crippen MR) is 78.2 cm³/mol. The van der Waals surface area contributed by atoms with Crippen molar-refractivity contribution >= 4 is 28.9 Å². The third-order valence-electron chi connectivity index (χ3n) is 3.45. The van der Waals surface area contributed by atoms with E-state index in [4.69, 9.17) is 23.2 Å². The highest BCUT2D eigenvalue weighted by molar-refractivity contribution is 6.42. The number of pyridine rings is 1. The smallest absolute Gasteiger partial charge is 0.248 e. The van der Waals surface area contributed by atoms with Crippen molar-refractivity contribution in [3.05, 3.63) is 61.7 Å². The van der Waals surface area contributed by atoms with Crippen LogP contribution in [0, 0.1) is 5.82 Å². The second kappa shape index (κ2) is 5.11. The van der Waals surface area contributed by atoms with E-state index < -0.39 is 5.82 Å². The highest BCUT2D eigenvalue weighted by Crippen LogP contribution is 2.32. The molecule has 1 aliphatic rings. The second-order valence-electron chi connectivity index (χ2n) is 4.74. The predicted octanol–water partition coefficient (Wildman–Crippen LogP) is 3.38. The van der Waals surface area contributed by atoms with Gasteiger partial charge in [0.2, 0.25) is 5.56 Å². The van der Waals surface area contributed by atoms with Gasteiger partial charge in [0.05, 0.1) is 15.7 Å². The number of aromatic amines is 1. The fraction of sp³-hybridized carbons (Fsp3) is 0.214. The quantitative estimate of drug-likeness (QED) is 0.819. The topological polar surface area (TPSA) is 36.1 Å². The van der Waals surface area contributed by atoms with Crippen LogP contribution in [0.15, 0.2) is 29.2 Å². The van der Waals surface area contributed by atoms with Gasteiger partial charge in [0.25, 0.3) is 0 Å². The molecule has 0 bridgehead atoms. The number of rotatable bonds is 1. The summed E-state index contributed by atoms with van der Waals surface area (Å²) in [6.45, 7) is 1.16. The van der Waals surface area contributed by atoms with Crippen LogP contribution in [-0.2, 0) is 13.0 Å². The van der Waals surface area contributed by atoms with Crippen LogP contribution in [-0.4, -0.2) is 11.5 Å². The summed E-state index contributed by atoms with van der Waals surface area (Å²) in [7, 11) is 0. The van der Waals surface area contributed by atoms with Gasteiger partial charge < -0.3 is 9.88 Å². The number of anilines is 1. The lowest BCUT2D eigenvalue weighted by Gasteiger charge is -2.30. The van der Waals surface area contributed by atoms with E-state index in [1.807, 2.05) is 4.90 Å². The first kappa shape index (κ1) is 13.5. The van der Waals surface area contributed by atoms with Crippen LogP contribution in [0.4, 0.5) is 10.1 Å². The summed E-state index contributed by atoms with van der Waals surface area (Å²) in [6.07, 6.45) is 2.37. The molecule has 0 fully saturated rings. The first-order chi connectivity index (χ1) is 9.54. The Labute approximate surface area is 124 Å². The lowest BCUT2D eigenvalue weighted by molar-refractivity contribution is 0.610. The van der Waals surface area contributed by atoms with Gasteiger partial charge in [-0.25, -0.2) is 4.39 Å². The average Bonchev–Trinajstić information content (AvgIpc) is 2.42. The maximum absolute atomic E-state index is 14.0. The highest BCUT2D eigenvalue weighted by Gasteiger charge is 2.20. The largest absolute Gasteiger partial charge is 0.364 e. The molecule has 0 aliphatic carbocycles. The summed E-state index contributed by atoms with van der Waals surface area (Å²) in [5.41, 5.74) is 2.31. The molecule has 0 saturated heterocycles. The molecule has 1 N–H and O–H groups in total. The number of hydrogen-bond donors (Lipinski definition) is 1. The zero-order valence-corrected chi connectivity index (χ0v) is 11.9. The molecule has 2 heterocycles. The van der Waals surface area contributed by atoms with Crippen LogP contribution < -0.4 is 10.5 Å². The molecule has 1 aromatic heterocycles. The van der Waals surface area contributed by atoms with E-state index in [9.17, 15) is 9.18 Å². The Morgan fingerprint density at radius 2 is 1.90 bits per heavy atom. The Bertz CT molecular complexity index is 730. The van der Waals surface area contributed by atoms with E-state index in [1.54, 1.807) is 12.3 Å². The van der Waals surface area contributed by atoms with Gasteiger partial charge in [-0.2, -0.15) is 0 Å². The fourth-order valence-corrected chi connectivity index (χ4v) is 2.73. The first-order valence-corrected chi connectivity index (χ1v) is 6.90. The molecule has 3 nitrogen and oxygen atoms in total. The molecule has 6 heteroatoms. The Kier molecular flexibility index (Phi) is 3.44. The summed E-state index contributed by atoms with van der Waals surface area (Å²) >= 11 is 11.7. The number of benzene rings is 1. The summed E-state index contributed by atoms with van der Waals surface area (Å²) < 4.78 is 14.0. The Morgan fingerprint density at radius 3 is 2.70 bits per heavy atom. The van der Waals surface area contributed by atoms with Gasteiger partial charge in [-0.15, -0.1) is 0 Å². The van der Waals surface area contributed by atoms with E-state index in [-0.39, 0.29) is 10.6 Å². The van der Waals surface area contributed by atoms with Crippen LogP contribution in [0.1, 0.15) is 11.1 Å². The van der Waals surface area contributed by atoms with Gasteiger partial charge in [0.15, 0.2) is 0 Å². The molecule has 0 saturated carbocycles. The van der Waals surface area contributed by atoms with Crippen LogP contribution >= 0.6 is 23.2 Å². The maximum Gasteiger partial charge on any atom is 0.248 e. The van der Waals surface area contributed by atoms with E-state index in [1.165, 1.54) is 12.1 Å². The lowest BCUT2D eigenvalue weighted by atomic mass is 10.0. The van der Waals surface area contributed by atoms with Crippen LogP contribution in [0.5, 0.6) is 0 Å². The zero-order chi connectivity index (χ0) is 14.3. The molecular formula is C14H11Cl2FN2O. The van der Waals surface area contributed by atoms with Crippen molar-refractivity contribution in [1.29, 1.82) is 0 Å². The summed E-state index contributed by atoms with van der Waals surface area (Å²) in [6, 6.07) is 4.36. The van der Waals surface area contributed by atoms with Gasteiger partial charge in [-0.05, 0) is 29.7 Å². The SMILES string of the molecule is O=c1cc2c(c[nH]1)CN(c1cc(Cl)c(Cl)cc1F)CC2. The average molecular weight is 313 g/mol. The van der Waals surface area contributed by atoms with Crippen molar-refractivity contribution in [2.24, 2.45) is 0 Å². The monoisotopic (exact) mass is 312 g/mol. The number of nitrogens with one attached hydrogen (secondary N) is 1. The van der Waals surface area contributed by atoms with Gasteiger partial charge in [-0.1, -0.05) is 23.2 Å². The molecule has 0 atom stereocenters. The van der Waals surface area contributed by atoms with Crippen molar-refractivity contribution in [2.75, 3.05) is 11.4 Å². The number of H-pyrrole nitrogens is 1. The van der Waals surface area contributed by atoms with Crippen molar-refractivity contribution in [2.45, 2.75) is 13.0 Å². The molecule has 1 aliphatic heterocycles. The van der Waals surface area contributed by atoms with Crippen LogP contribution in [0.3, 0.4) is 0 Å². The first-order valence-electron chi connectivity index (χ1n) is 6.14. The molecule has 20 heavy (non-hydrogen) atoms. The molecule has 0 radical (unpaired) electrons. The normalized spacial score (nSPS) is 14.2. The third-order valence-corrected chi connectivity index (χ3v) is 4.17. The maximum atomic E-state index is 14.0. The lowest BCUT2D eigenvalue weighted by Crippen LogP contribution is -2.32. The van der Waals surface area contributed by atoms with E-state index in [2.05, 4.69) is 4.98 Å². The number of aromatic nitrogens is 1. The van der Waals surface area contributed by atoms with Gasteiger partial charge in [0, 0.05) is 25.4 Å². The summed E-state index contributed by atoms with van der Waals surface area (Å²) in [5, 5.41) is 0.532. The van der Waals surface area contributed by atoms with Crippen molar-refractivity contribution in [1.82, 2.24) is 4.98 Å². The Hall–Kier alpha value is -1.52. The number of hydrogen-bond acceptors (Lipinski definition) is 2. The van der Waals surface area contributed by atoms with Crippen LogP contribution in [0.25, 0.3) is 0 Å². The number of halogens is 3. The molecule has 0 amide bonds. The van der Waals surface area contributed by atoms with E-state index >= 15 is 0 Å². The molecule has 3 rings (SSSR count). The third kappa shape index (κ3) is 2.41. The molecule has 0 spiro atoms.